The van der Waals surface area contributed by atoms with Crippen LogP contribution in [-0.4, -0.2) is 41.2 Å². The third kappa shape index (κ3) is 3.41. The first-order chi connectivity index (χ1) is 12.2. The summed E-state index contributed by atoms with van der Waals surface area (Å²) in [7, 11) is 2.05. The number of hydrazone groups is 1. The van der Waals surface area contributed by atoms with E-state index in [4.69, 9.17) is 4.42 Å². The van der Waals surface area contributed by atoms with E-state index in [1.807, 2.05) is 23.6 Å². The molecule has 1 saturated carbocycles. The quantitative estimate of drug-likeness (QED) is 0.815. The van der Waals surface area contributed by atoms with Crippen LogP contribution < -0.4 is 0 Å². The highest BCUT2D eigenvalue weighted by atomic mass is 32.1. The first kappa shape index (κ1) is 16.5. The molecule has 3 heterocycles. The van der Waals surface area contributed by atoms with Gasteiger partial charge in [0.25, 0.3) is 5.91 Å². The first-order valence-corrected chi connectivity index (χ1v) is 9.77. The van der Waals surface area contributed by atoms with Crippen molar-refractivity contribution in [3.05, 3.63) is 46.5 Å². The van der Waals surface area contributed by atoms with Crippen molar-refractivity contribution in [2.75, 3.05) is 13.6 Å². The second-order valence-electron chi connectivity index (χ2n) is 6.85. The van der Waals surface area contributed by atoms with Gasteiger partial charge in [-0.05, 0) is 43.5 Å². The number of thiophene rings is 1. The van der Waals surface area contributed by atoms with Crippen molar-refractivity contribution in [2.24, 2.45) is 5.10 Å². The summed E-state index contributed by atoms with van der Waals surface area (Å²) >= 11 is 1.66. The molecule has 0 saturated heterocycles. The smallest absolute Gasteiger partial charge is 0.257 e. The molecule has 1 amide bonds. The van der Waals surface area contributed by atoms with Gasteiger partial charge in [0.15, 0.2) is 0 Å². The van der Waals surface area contributed by atoms with Gasteiger partial charge in [0.2, 0.25) is 0 Å². The zero-order valence-corrected chi connectivity index (χ0v) is 15.2. The third-order valence-corrected chi connectivity index (χ3v) is 6.09. The molecule has 1 fully saturated rings. The predicted octanol–water partition coefficient (Wildman–Crippen LogP) is 3.89. The first-order valence-electron chi connectivity index (χ1n) is 8.89. The highest BCUT2D eigenvalue weighted by Gasteiger charge is 2.36. The van der Waals surface area contributed by atoms with Gasteiger partial charge in [-0.2, -0.15) is 5.10 Å². The second kappa shape index (κ2) is 7.14. The average molecular weight is 357 g/mol. The zero-order chi connectivity index (χ0) is 17.2. The Kier molecular flexibility index (Phi) is 4.72. The lowest BCUT2D eigenvalue weighted by Crippen LogP contribution is -2.40. The SMILES string of the molecule is CN(CC(=O)N1N=C(c2cccs2)C[C@H]1c1ccco1)C1CCCC1. The summed E-state index contributed by atoms with van der Waals surface area (Å²) in [5.74, 6) is 0.842. The summed E-state index contributed by atoms with van der Waals surface area (Å²) in [6.45, 7) is 0.406. The number of hydrogen-bond donors (Lipinski definition) is 0. The van der Waals surface area contributed by atoms with Gasteiger partial charge in [0, 0.05) is 12.5 Å². The molecular formula is C19H23N3O2S. The molecule has 0 spiro atoms. The van der Waals surface area contributed by atoms with Gasteiger partial charge in [-0.25, -0.2) is 5.01 Å². The number of carbonyl (C=O) groups is 1. The molecular weight excluding hydrogens is 334 g/mol. The minimum Gasteiger partial charge on any atom is -0.467 e. The second-order valence-corrected chi connectivity index (χ2v) is 7.80. The van der Waals surface area contributed by atoms with E-state index in [1.165, 1.54) is 25.7 Å². The van der Waals surface area contributed by atoms with Crippen LogP contribution in [0.3, 0.4) is 0 Å². The van der Waals surface area contributed by atoms with Gasteiger partial charge >= 0.3 is 0 Å². The highest BCUT2D eigenvalue weighted by Crippen LogP contribution is 2.34. The summed E-state index contributed by atoms with van der Waals surface area (Å²) < 4.78 is 5.59. The number of rotatable bonds is 5. The van der Waals surface area contributed by atoms with Crippen LogP contribution in [-0.2, 0) is 4.79 Å². The summed E-state index contributed by atoms with van der Waals surface area (Å²) in [5, 5.41) is 8.35. The molecule has 0 aromatic carbocycles. The predicted molar refractivity (Wildman–Crippen MR) is 98.7 cm³/mol. The Balaban J connectivity index is 1.53. The summed E-state index contributed by atoms with van der Waals surface area (Å²) in [6.07, 6.45) is 7.27. The van der Waals surface area contributed by atoms with Crippen molar-refractivity contribution in [2.45, 2.75) is 44.2 Å². The Morgan fingerprint density at radius 3 is 2.88 bits per heavy atom. The van der Waals surface area contributed by atoms with E-state index in [2.05, 4.69) is 23.1 Å². The molecule has 1 atom stereocenters. The Morgan fingerprint density at radius 2 is 2.20 bits per heavy atom. The van der Waals surface area contributed by atoms with Crippen molar-refractivity contribution < 1.29 is 9.21 Å². The van der Waals surface area contributed by atoms with E-state index < -0.39 is 0 Å². The molecule has 25 heavy (non-hydrogen) atoms. The molecule has 5 nitrogen and oxygen atoms in total. The van der Waals surface area contributed by atoms with E-state index >= 15 is 0 Å². The van der Waals surface area contributed by atoms with Crippen molar-refractivity contribution in [1.82, 2.24) is 9.91 Å². The van der Waals surface area contributed by atoms with Crippen molar-refractivity contribution in [3.63, 3.8) is 0 Å². The summed E-state index contributed by atoms with van der Waals surface area (Å²) in [5.41, 5.74) is 0.966. The Morgan fingerprint density at radius 1 is 1.36 bits per heavy atom. The molecule has 0 radical (unpaired) electrons. The monoisotopic (exact) mass is 357 g/mol. The number of carbonyl (C=O) groups excluding carboxylic acids is 1. The van der Waals surface area contributed by atoms with Crippen LogP contribution in [0.4, 0.5) is 0 Å². The maximum atomic E-state index is 13.0. The van der Waals surface area contributed by atoms with Crippen molar-refractivity contribution in [1.29, 1.82) is 0 Å². The number of furan rings is 1. The van der Waals surface area contributed by atoms with Crippen LogP contribution in [0.2, 0.25) is 0 Å². The van der Waals surface area contributed by atoms with E-state index in [-0.39, 0.29) is 11.9 Å². The molecule has 1 aliphatic carbocycles. The minimum atomic E-state index is -0.142. The average Bonchev–Trinajstić information content (AvgIpc) is 3.43. The topological polar surface area (TPSA) is 49.1 Å². The fraction of sp³-hybridized carbons (Fsp3) is 0.474. The van der Waals surface area contributed by atoms with Crippen molar-refractivity contribution >= 4 is 23.0 Å². The normalized spacial score (nSPS) is 21.3. The minimum absolute atomic E-state index is 0.0438. The molecule has 2 aromatic rings. The molecule has 0 unspecified atom stereocenters. The molecule has 0 N–H and O–H groups in total. The van der Waals surface area contributed by atoms with Gasteiger partial charge in [-0.3, -0.25) is 9.69 Å². The van der Waals surface area contributed by atoms with E-state index in [0.717, 1.165) is 16.3 Å². The summed E-state index contributed by atoms with van der Waals surface area (Å²) in [6, 6.07) is 8.25. The van der Waals surface area contributed by atoms with E-state index in [9.17, 15) is 4.79 Å². The highest BCUT2D eigenvalue weighted by molar-refractivity contribution is 7.12. The van der Waals surface area contributed by atoms with Crippen LogP contribution in [0.25, 0.3) is 0 Å². The van der Waals surface area contributed by atoms with Crippen LogP contribution in [0, 0.1) is 0 Å². The number of likely N-dealkylation sites (N-methyl/N-ethyl adjacent to an activating group) is 1. The van der Waals surface area contributed by atoms with Gasteiger partial charge in [-0.1, -0.05) is 18.9 Å². The Hall–Kier alpha value is -1.92. The van der Waals surface area contributed by atoms with E-state index in [1.54, 1.807) is 22.6 Å². The largest absolute Gasteiger partial charge is 0.467 e. The van der Waals surface area contributed by atoms with Crippen LogP contribution in [0.1, 0.15) is 48.8 Å². The fourth-order valence-electron chi connectivity index (χ4n) is 3.79. The number of amides is 1. The van der Waals surface area contributed by atoms with Gasteiger partial charge < -0.3 is 4.42 Å². The summed E-state index contributed by atoms with van der Waals surface area (Å²) in [4.78, 5) is 16.3. The molecule has 132 valence electrons. The molecule has 4 rings (SSSR count). The Bertz CT molecular complexity index is 733. The molecule has 0 bridgehead atoms. The lowest BCUT2D eigenvalue weighted by Gasteiger charge is -2.26. The molecule has 1 aliphatic heterocycles. The number of nitrogens with zero attached hydrogens (tertiary/aromatic N) is 3. The van der Waals surface area contributed by atoms with Gasteiger partial charge in [0.1, 0.15) is 11.8 Å². The number of hydrogen-bond acceptors (Lipinski definition) is 5. The van der Waals surface area contributed by atoms with Crippen LogP contribution in [0.5, 0.6) is 0 Å². The maximum Gasteiger partial charge on any atom is 0.257 e. The van der Waals surface area contributed by atoms with Gasteiger partial charge in [-0.15, -0.1) is 11.3 Å². The van der Waals surface area contributed by atoms with Crippen LogP contribution in [0.15, 0.2) is 45.4 Å². The standard InChI is InChI=1S/C19H23N3O2S/c1-21(14-6-2-3-7-14)13-19(23)22-16(17-8-4-10-24-17)12-15(20-22)18-9-5-11-25-18/h4-5,8-11,14,16H,2-3,6-7,12-13H2,1H3/t16-/m0/s1. The lowest BCUT2D eigenvalue weighted by molar-refractivity contribution is -0.134. The zero-order valence-electron chi connectivity index (χ0n) is 14.4. The third-order valence-electron chi connectivity index (χ3n) is 5.18. The Labute approximate surface area is 151 Å². The molecule has 2 aromatic heterocycles. The van der Waals surface area contributed by atoms with Gasteiger partial charge in [0.05, 0.1) is 23.4 Å². The van der Waals surface area contributed by atoms with Crippen molar-refractivity contribution in [3.8, 4) is 0 Å². The fourth-order valence-corrected chi connectivity index (χ4v) is 4.52. The van der Waals surface area contributed by atoms with E-state index in [0.29, 0.717) is 19.0 Å². The lowest BCUT2D eigenvalue weighted by atomic mass is 10.1. The molecule has 2 aliphatic rings. The molecule has 6 heteroatoms. The van der Waals surface area contributed by atoms with Crippen LogP contribution >= 0.6 is 11.3 Å². The maximum absolute atomic E-state index is 13.0.